The number of hydrogen-bond donors (Lipinski definition) is 0. The van der Waals surface area contributed by atoms with Gasteiger partial charge in [-0.2, -0.15) is 13.2 Å². The number of pyridine rings is 1. The number of carbonyl (C=O) groups excluding carboxylic acids is 2. The molecule has 3 aromatic rings. The van der Waals surface area contributed by atoms with Gasteiger partial charge in [0, 0.05) is 28.2 Å². The number of benzene rings is 2. The second-order valence-corrected chi connectivity index (χ2v) is 18.8. The summed E-state index contributed by atoms with van der Waals surface area (Å²) in [6.45, 7) is 8.81. The molecular formula is C44H55ClF3N2O8P. The Bertz CT molecular complexity index is 2010. The number of aryl methyl sites for hydroxylation is 1. The maximum absolute atomic E-state index is 14.5. The number of alkyl halides is 3. The third-order valence-electron chi connectivity index (χ3n) is 12.4. The summed E-state index contributed by atoms with van der Waals surface area (Å²) >= 11 is 6.25. The fraction of sp³-hybridized carbons (Fsp3) is 0.568. The number of anilines is 1. The van der Waals surface area contributed by atoms with Crippen molar-refractivity contribution in [1.29, 1.82) is 0 Å². The van der Waals surface area contributed by atoms with Gasteiger partial charge in [0.15, 0.2) is 0 Å². The van der Waals surface area contributed by atoms with E-state index in [1.54, 1.807) is 20.0 Å². The van der Waals surface area contributed by atoms with E-state index in [4.69, 9.17) is 34.9 Å². The lowest BCUT2D eigenvalue weighted by molar-refractivity contribution is -0.174. The fourth-order valence-corrected chi connectivity index (χ4v) is 11.4. The van der Waals surface area contributed by atoms with Crippen molar-refractivity contribution in [3.8, 4) is 11.5 Å². The zero-order valence-corrected chi connectivity index (χ0v) is 36.1. The average molecular weight is 863 g/mol. The SMILES string of the molecule is CCOP(=O)(CCOc1ccc2c(c1)C1(CCC(C(=O)OC)(N(C(=O)C(F)(F)F)c3cccc(Cl)c3)CC1)[C@@H](C[C@@H](C)COc1ccnc3c1[C@H](C)CCC3)C2)OCC. The fourth-order valence-electron chi connectivity index (χ4n) is 9.76. The molecule has 3 aliphatic carbocycles. The van der Waals surface area contributed by atoms with Crippen molar-refractivity contribution in [2.75, 3.05) is 44.6 Å². The summed E-state index contributed by atoms with van der Waals surface area (Å²) in [5.41, 5.74) is 1.61. The number of amides is 1. The first-order valence-corrected chi connectivity index (χ1v) is 22.7. The van der Waals surface area contributed by atoms with Gasteiger partial charge in [-0.1, -0.05) is 37.6 Å². The van der Waals surface area contributed by atoms with Gasteiger partial charge >= 0.3 is 25.6 Å². The number of methoxy groups -OCH3 is 1. The van der Waals surface area contributed by atoms with E-state index in [9.17, 15) is 27.3 Å². The van der Waals surface area contributed by atoms with E-state index in [1.807, 2.05) is 24.3 Å². The summed E-state index contributed by atoms with van der Waals surface area (Å²) < 4.78 is 85.3. The van der Waals surface area contributed by atoms with Crippen LogP contribution in [0.2, 0.25) is 5.02 Å². The van der Waals surface area contributed by atoms with Crippen LogP contribution >= 0.6 is 19.2 Å². The maximum atomic E-state index is 14.5. The zero-order valence-electron chi connectivity index (χ0n) is 34.4. The molecule has 59 heavy (non-hydrogen) atoms. The van der Waals surface area contributed by atoms with E-state index in [0.717, 1.165) is 55.4 Å². The zero-order chi connectivity index (χ0) is 42.6. The Hall–Kier alpha value is -3.64. The predicted molar refractivity (Wildman–Crippen MR) is 220 cm³/mol. The lowest BCUT2D eigenvalue weighted by atomic mass is 9.59. The highest BCUT2D eigenvalue weighted by Crippen LogP contribution is 2.58. The third kappa shape index (κ3) is 9.48. The van der Waals surface area contributed by atoms with E-state index in [1.165, 1.54) is 29.8 Å². The van der Waals surface area contributed by atoms with Crippen LogP contribution in [0.15, 0.2) is 54.7 Å². The van der Waals surface area contributed by atoms with Crippen molar-refractivity contribution in [3.63, 3.8) is 0 Å². The Labute approximate surface area is 350 Å². The lowest BCUT2D eigenvalue weighted by Gasteiger charge is -2.51. The van der Waals surface area contributed by atoms with Crippen LogP contribution in [0, 0.1) is 11.8 Å². The van der Waals surface area contributed by atoms with Crippen molar-refractivity contribution in [1.82, 2.24) is 4.98 Å². The molecule has 3 atom stereocenters. The second-order valence-electron chi connectivity index (χ2n) is 16.2. The van der Waals surface area contributed by atoms with Gasteiger partial charge < -0.3 is 23.3 Å². The molecular weight excluding hydrogens is 808 g/mol. The van der Waals surface area contributed by atoms with Gasteiger partial charge in [0.05, 0.1) is 39.7 Å². The highest BCUT2D eigenvalue weighted by atomic mass is 35.5. The molecule has 10 nitrogen and oxygen atoms in total. The summed E-state index contributed by atoms with van der Waals surface area (Å²) in [7, 11) is -2.24. The predicted octanol–water partition coefficient (Wildman–Crippen LogP) is 10.4. The molecule has 1 heterocycles. The molecule has 15 heteroatoms. The monoisotopic (exact) mass is 862 g/mol. The minimum absolute atomic E-state index is 0.0151. The number of rotatable bonds is 16. The standard InChI is InChI=1S/C44H55ClF3N2O8P/c1-6-57-59(53,58-7-2)23-22-55-35-15-14-31-25-32(24-29(3)28-56-38-16-21-49-37-13-8-10-30(4)39(37)38)42(36(31)27-35)17-19-43(20-18-42,41(52)54-5)50(40(51)44(46,47)48)34-12-9-11-33(45)26-34/h9,11-12,14-16,21,26-27,29-30,32H,6-8,10,13,17-20,22-25,28H2,1-5H3/t29-,30-,32+,42?,43?/m1/s1. The highest BCUT2D eigenvalue weighted by Gasteiger charge is 2.60. The Morgan fingerprint density at radius 1 is 1.03 bits per heavy atom. The molecule has 0 unspecified atom stereocenters. The molecule has 2 aromatic carbocycles. The summed E-state index contributed by atoms with van der Waals surface area (Å²) in [6.07, 6.45) is 1.42. The molecule has 322 valence electrons. The van der Waals surface area contributed by atoms with E-state index in [0.29, 0.717) is 29.6 Å². The molecule has 0 N–H and O–H groups in total. The van der Waals surface area contributed by atoms with Crippen LogP contribution in [0.4, 0.5) is 18.9 Å². The average Bonchev–Trinajstić information content (AvgIpc) is 3.48. The van der Waals surface area contributed by atoms with Crippen molar-refractivity contribution in [2.45, 2.75) is 109 Å². The van der Waals surface area contributed by atoms with Crippen molar-refractivity contribution in [2.24, 2.45) is 11.8 Å². The van der Waals surface area contributed by atoms with Crippen molar-refractivity contribution in [3.05, 3.63) is 82.1 Å². The number of ether oxygens (including phenoxy) is 3. The van der Waals surface area contributed by atoms with Crippen LogP contribution in [0.5, 0.6) is 11.5 Å². The van der Waals surface area contributed by atoms with E-state index >= 15 is 0 Å². The second kappa shape index (κ2) is 18.5. The quantitative estimate of drug-likeness (QED) is 0.103. The lowest BCUT2D eigenvalue weighted by Crippen LogP contribution is -2.63. The number of halogens is 4. The van der Waals surface area contributed by atoms with Gasteiger partial charge in [-0.15, -0.1) is 0 Å². The Morgan fingerprint density at radius 2 is 1.76 bits per heavy atom. The first kappa shape index (κ1) is 44.9. The summed E-state index contributed by atoms with van der Waals surface area (Å²) in [5.74, 6) is -1.26. The maximum Gasteiger partial charge on any atom is 0.471 e. The van der Waals surface area contributed by atoms with Crippen LogP contribution < -0.4 is 14.4 Å². The number of aromatic nitrogens is 1. The Morgan fingerprint density at radius 3 is 2.42 bits per heavy atom. The van der Waals surface area contributed by atoms with E-state index in [2.05, 4.69) is 18.8 Å². The minimum Gasteiger partial charge on any atom is -0.493 e. The van der Waals surface area contributed by atoms with Crippen LogP contribution in [0.25, 0.3) is 0 Å². The Balaban J connectivity index is 1.33. The molecule has 6 rings (SSSR count). The summed E-state index contributed by atoms with van der Waals surface area (Å²) in [6, 6.07) is 13.3. The largest absolute Gasteiger partial charge is 0.493 e. The molecule has 1 spiro atoms. The molecule has 0 aliphatic heterocycles. The van der Waals surface area contributed by atoms with Crippen LogP contribution in [0.3, 0.4) is 0 Å². The minimum atomic E-state index is -5.29. The van der Waals surface area contributed by atoms with E-state index < -0.39 is 36.6 Å². The molecule has 0 bridgehead atoms. The number of fused-ring (bicyclic) bond motifs is 3. The van der Waals surface area contributed by atoms with Crippen LogP contribution in [-0.4, -0.2) is 68.3 Å². The van der Waals surface area contributed by atoms with Gasteiger partial charge in [-0.05, 0) is 142 Å². The number of nitrogens with zero attached hydrogens (tertiary/aromatic N) is 2. The molecule has 1 aromatic heterocycles. The Kier molecular flexibility index (Phi) is 14.1. The van der Waals surface area contributed by atoms with Gasteiger partial charge in [0.25, 0.3) is 0 Å². The first-order valence-electron chi connectivity index (χ1n) is 20.6. The topological polar surface area (TPSA) is 113 Å². The van der Waals surface area contributed by atoms with Crippen LogP contribution in [-0.2, 0) is 46.2 Å². The molecule has 1 fully saturated rings. The van der Waals surface area contributed by atoms with Crippen molar-refractivity contribution < 1.29 is 50.6 Å². The number of carbonyl (C=O) groups is 2. The normalized spacial score (nSPS) is 23.3. The highest BCUT2D eigenvalue weighted by molar-refractivity contribution is 7.53. The van der Waals surface area contributed by atoms with E-state index in [-0.39, 0.29) is 74.2 Å². The van der Waals surface area contributed by atoms with Gasteiger partial charge in [0.2, 0.25) is 0 Å². The van der Waals surface area contributed by atoms with Crippen molar-refractivity contribution >= 4 is 36.8 Å². The molecule has 3 aliphatic rings. The first-order chi connectivity index (χ1) is 28.1. The number of hydrogen-bond acceptors (Lipinski definition) is 9. The number of esters is 1. The molecule has 1 amide bonds. The summed E-state index contributed by atoms with van der Waals surface area (Å²) in [5, 5.41) is 0.115. The summed E-state index contributed by atoms with van der Waals surface area (Å²) in [4.78, 5) is 32.5. The van der Waals surface area contributed by atoms with Gasteiger partial charge in [0.1, 0.15) is 17.0 Å². The third-order valence-corrected chi connectivity index (χ3v) is 14.7. The van der Waals surface area contributed by atoms with Gasteiger partial charge in [-0.25, -0.2) is 4.79 Å². The van der Waals surface area contributed by atoms with Crippen LogP contribution in [0.1, 0.15) is 101 Å². The smallest absolute Gasteiger partial charge is 0.471 e. The van der Waals surface area contributed by atoms with Gasteiger partial charge in [-0.3, -0.25) is 19.2 Å². The molecule has 0 radical (unpaired) electrons. The molecule has 1 saturated carbocycles. The molecule has 0 saturated heterocycles.